The van der Waals surface area contributed by atoms with E-state index in [2.05, 4.69) is 32.0 Å². The largest absolute Gasteiger partial charge is 0.496 e. The summed E-state index contributed by atoms with van der Waals surface area (Å²) < 4.78 is 6.24. The van der Waals surface area contributed by atoms with Gasteiger partial charge in [-0.3, -0.25) is 0 Å². The number of aromatic nitrogens is 2. The molecule has 0 saturated carbocycles. The molecule has 0 radical (unpaired) electrons. The van der Waals surface area contributed by atoms with Gasteiger partial charge >= 0.3 is 0 Å². The molecule has 4 nitrogen and oxygen atoms in total. The summed E-state index contributed by atoms with van der Waals surface area (Å²) in [6.07, 6.45) is 0.729. The van der Waals surface area contributed by atoms with Crippen LogP contribution in [-0.4, -0.2) is 23.6 Å². The van der Waals surface area contributed by atoms with Crippen LogP contribution in [0.2, 0.25) is 0 Å². The van der Waals surface area contributed by atoms with Crippen LogP contribution in [0, 0.1) is 6.92 Å². The predicted molar refractivity (Wildman–Crippen MR) is 75.8 cm³/mol. The zero-order valence-corrected chi connectivity index (χ0v) is 12.0. The van der Waals surface area contributed by atoms with Gasteiger partial charge in [0.2, 0.25) is 0 Å². The Labute approximate surface area is 115 Å². The second-order valence-electron chi connectivity index (χ2n) is 4.09. The fourth-order valence-corrected chi connectivity index (χ4v) is 2.37. The van der Waals surface area contributed by atoms with Crippen molar-refractivity contribution in [3.63, 3.8) is 0 Å². The second-order valence-corrected chi connectivity index (χ2v) is 4.88. The van der Waals surface area contributed by atoms with Crippen molar-refractivity contribution in [2.24, 2.45) is 5.73 Å². The molecule has 0 spiro atoms. The summed E-state index contributed by atoms with van der Waals surface area (Å²) in [5.41, 5.74) is 8.54. The molecule has 96 valence electrons. The topological polar surface area (TPSA) is 63.9 Å². The number of benzene rings is 1. The zero-order chi connectivity index (χ0) is 13.1. The normalized spacial score (nSPS) is 10.7. The summed E-state index contributed by atoms with van der Waals surface area (Å²) in [5, 5.41) is 0. The van der Waals surface area contributed by atoms with E-state index in [0.717, 1.165) is 33.9 Å². The van der Waals surface area contributed by atoms with E-state index in [4.69, 9.17) is 10.5 Å². The summed E-state index contributed by atoms with van der Waals surface area (Å²) in [6.45, 7) is 2.62. The van der Waals surface area contributed by atoms with Crippen LogP contribution in [0.3, 0.4) is 0 Å². The molecule has 1 aromatic carbocycles. The van der Waals surface area contributed by atoms with Crippen LogP contribution < -0.4 is 10.5 Å². The highest BCUT2D eigenvalue weighted by molar-refractivity contribution is 9.10. The van der Waals surface area contributed by atoms with E-state index < -0.39 is 0 Å². The van der Waals surface area contributed by atoms with Crippen LogP contribution in [-0.2, 0) is 6.42 Å². The molecule has 0 unspecified atom stereocenters. The Hall–Kier alpha value is -1.33. The fraction of sp³-hybridized carbons (Fsp3) is 0.308. The first-order valence-corrected chi connectivity index (χ1v) is 6.54. The van der Waals surface area contributed by atoms with Gasteiger partial charge in [-0.25, -0.2) is 4.98 Å². The number of rotatable bonds is 4. The van der Waals surface area contributed by atoms with Gasteiger partial charge in [0.05, 0.1) is 7.11 Å². The van der Waals surface area contributed by atoms with Gasteiger partial charge in [-0.15, -0.1) is 0 Å². The van der Waals surface area contributed by atoms with E-state index in [0.29, 0.717) is 6.54 Å². The molecule has 0 fully saturated rings. The molecule has 1 aromatic heterocycles. The van der Waals surface area contributed by atoms with Gasteiger partial charge in [-0.1, -0.05) is 11.6 Å². The lowest BCUT2D eigenvalue weighted by Crippen LogP contribution is -2.03. The molecule has 2 rings (SSSR count). The lowest BCUT2D eigenvalue weighted by Gasteiger charge is -2.07. The maximum Gasteiger partial charge on any atom is 0.128 e. The lowest BCUT2D eigenvalue weighted by molar-refractivity contribution is 0.416. The molecule has 0 aliphatic rings. The number of nitrogens with zero attached hydrogens (tertiary/aromatic N) is 1. The quantitative estimate of drug-likeness (QED) is 0.912. The van der Waals surface area contributed by atoms with Gasteiger partial charge in [0.15, 0.2) is 0 Å². The lowest BCUT2D eigenvalue weighted by atomic mass is 10.1. The van der Waals surface area contributed by atoms with E-state index >= 15 is 0 Å². The Balaban J connectivity index is 2.50. The van der Waals surface area contributed by atoms with Gasteiger partial charge in [-0.05, 0) is 41.5 Å². The van der Waals surface area contributed by atoms with Gasteiger partial charge in [0, 0.05) is 12.0 Å². The van der Waals surface area contributed by atoms with Crippen molar-refractivity contribution < 1.29 is 4.74 Å². The van der Waals surface area contributed by atoms with Crippen LogP contribution in [0.25, 0.3) is 11.3 Å². The van der Waals surface area contributed by atoms with E-state index in [-0.39, 0.29) is 0 Å². The number of aryl methyl sites for hydroxylation is 1. The van der Waals surface area contributed by atoms with E-state index in [1.165, 1.54) is 5.56 Å². The summed E-state index contributed by atoms with van der Waals surface area (Å²) >= 11 is 3.50. The number of hydrogen-bond acceptors (Lipinski definition) is 3. The van der Waals surface area contributed by atoms with E-state index in [1.807, 2.05) is 19.1 Å². The molecular weight excluding hydrogens is 294 g/mol. The minimum Gasteiger partial charge on any atom is -0.496 e. The van der Waals surface area contributed by atoms with Gasteiger partial charge in [-0.2, -0.15) is 0 Å². The fourth-order valence-electron chi connectivity index (χ4n) is 1.84. The summed E-state index contributed by atoms with van der Waals surface area (Å²) in [5.74, 6) is 1.69. The van der Waals surface area contributed by atoms with Gasteiger partial charge in [0.1, 0.15) is 21.9 Å². The Morgan fingerprint density at radius 3 is 2.89 bits per heavy atom. The summed E-state index contributed by atoms with van der Waals surface area (Å²) in [4.78, 5) is 7.74. The Morgan fingerprint density at radius 2 is 2.22 bits per heavy atom. The van der Waals surface area contributed by atoms with Crippen LogP contribution in [0.5, 0.6) is 5.75 Å². The Morgan fingerprint density at radius 1 is 1.44 bits per heavy atom. The van der Waals surface area contributed by atoms with Crippen molar-refractivity contribution in [3.05, 3.63) is 34.2 Å². The molecule has 0 aliphatic carbocycles. The molecule has 0 saturated heterocycles. The second kappa shape index (κ2) is 5.54. The van der Waals surface area contributed by atoms with Crippen LogP contribution in [0.15, 0.2) is 22.8 Å². The van der Waals surface area contributed by atoms with Crippen molar-refractivity contribution in [2.45, 2.75) is 13.3 Å². The van der Waals surface area contributed by atoms with Gasteiger partial charge in [0.25, 0.3) is 0 Å². The third-order valence-corrected chi connectivity index (χ3v) is 3.27. The summed E-state index contributed by atoms with van der Waals surface area (Å²) in [7, 11) is 1.66. The monoisotopic (exact) mass is 309 g/mol. The number of H-pyrrole nitrogens is 1. The van der Waals surface area contributed by atoms with Gasteiger partial charge < -0.3 is 15.5 Å². The average Bonchev–Trinajstić information content (AvgIpc) is 2.70. The van der Waals surface area contributed by atoms with Crippen molar-refractivity contribution in [1.29, 1.82) is 0 Å². The van der Waals surface area contributed by atoms with Crippen LogP contribution >= 0.6 is 15.9 Å². The highest BCUT2D eigenvalue weighted by Gasteiger charge is 2.14. The predicted octanol–water partition coefficient (Wildman–Crippen LogP) is 2.66. The Bertz CT molecular complexity index is 551. The van der Waals surface area contributed by atoms with Crippen molar-refractivity contribution in [3.8, 4) is 17.0 Å². The molecule has 3 N–H and O–H groups in total. The molecule has 0 atom stereocenters. The number of nitrogens with two attached hydrogens (primary N) is 1. The first-order chi connectivity index (χ1) is 8.65. The minimum atomic E-state index is 0.574. The number of ether oxygens (including phenoxy) is 1. The Kier molecular flexibility index (Phi) is 4.04. The summed E-state index contributed by atoms with van der Waals surface area (Å²) in [6, 6.07) is 6.03. The molecule has 0 amide bonds. The number of imidazole rings is 1. The highest BCUT2D eigenvalue weighted by atomic mass is 79.9. The zero-order valence-electron chi connectivity index (χ0n) is 10.5. The molecule has 1 heterocycles. The minimum absolute atomic E-state index is 0.574. The maximum absolute atomic E-state index is 5.54. The number of aromatic amines is 1. The number of hydrogen-bond donors (Lipinski definition) is 2. The third-order valence-electron chi connectivity index (χ3n) is 2.70. The van der Waals surface area contributed by atoms with Crippen molar-refractivity contribution in [1.82, 2.24) is 9.97 Å². The molecule has 0 aliphatic heterocycles. The van der Waals surface area contributed by atoms with Crippen LogP contribution in [0.4, 0.5) is 0 Å². The van der Waals surface area contributed by atoms with Crippen LogP contribution in [0.1, 0.15) is 11.4 Å². The van der Waals surface area contributed by atoms with E-state index in [1.54, 1.807) is 7.11 Å². The first kappa shape index (κ1) is 13.1. The smallest absolute Gasteiger partial charge is 0.128 e. The molecular formula is C13H16BrN3O. The number of methoxy groups -OCH3 is 1. The number of halogens is 1. The first-order valence-electron chi connectivity index (χ1n) is 5.75. The molecule has 5 heteroatoms. The average molecular weight is 310 g/mol. The highest BCUT2D eigenvalue weighted by Crippen LogP contribution is 2.34. The molecule has 18 heavy (non-hydrogen) atoms. The van der Waals surface area contributed by atoms with E-state index in [9.17, 15) is 0 Å². The number of nitrogens with one attached hydrogen (secondary N) is 1. The SMILES string of the molecule is COc1ccc(C)cc1-c1nc(CCN)[nH]c1Br. The van der Waals surface area contributed by atoms with Crippen molar-refractivity contribution in [2.75, 3.05) is 13.7 Å². The maximum atomic E-state index is 5.54. The third kappa shape index (κ3) is 2.57. The molecule has 2 aromatic rings. The standard InChI is InChI=1S/C13H16BrN3O/c1-8-3-4-10(18-2)9(7-8)12-13(14)17-11(16-12)5-6-15/h3-4,7H,5-6,15H2,1-2H3,(H,16,17). The molecule has 0 bridgehead atoms. The van der Waals surface area contributed by atoms with Crippen molar-refractivity contribution >= 4 is 15.9 Å².